The van der Waals surface area contributed by atoms with E-state index >= 15 is 0 Å². The fourth-order valence-electron chi connectivity index (χ4n) is 2.59. The van der Waals surface area contributed by atoms with E-state index < -0.39 is 0 Å². The summed E-state index contributed by atoms with van der Waals surface area (Å²) in [5.41, 5.74) is 0.850. The largest absolute Gasteiger partial charge is 0.374 e. The van der Waals surface area contributed by atoms with Crippen molar-refractivity contribution in [3.8, 4) is 0 Å². The predicted molar refractivity (Wildman–Crippen MR) is 73.7 cm³/mol. The lowest BCUT2D eigenvalue weighted by Crippen LogP contribution is -2.26. The average Bonchev–Trinajstić information content (AvgIpc) is 2.68. The molecule has 0 aliphatic carbocycles. The van der Waals surface area contributed by atoms with E-state index in [1.54, 1.807) is 11.3 Å². The second-order valence-electron chi connectivity index (χ2n) is 4.82. The van der Waals surface area contributed by atoms with Crippen molar-refractivity contribution in [3.63, 3.8) is 0 Å². The van der Waals surface area contributed by atoms with Crippen LogP contribution >= 0.6 is 27.3 Å². The standard InChI is InChI=1S/C13H17BrO2S/c1-6-7(2)16-8(3)12(6)13(15)10-5-11(14)17-9(10)4/h5-8,12H,1-4H3. The minimum Gasteiger partial charge on any atom is -0.374 e. The van der Waals surface area contributed by atoms with E-state index in [0.717, 1.165) is 14.2 Å². The molecule has 0 spiro atoms. The van der Waals surface area contributed by atoms with Gasteiger partial charge in [-0.05, 0) is 48.7 Å². The summed E-state index contributed by atoms with van der Waals surface area (Å²) in [5, 5.41) is 0. The molecule has 94 valence electrons. The van der Waals surface area contributed by atoms with Crippen molar-refractivity contribution in [2.75, 3.05) is 0 Å². The maximum absolute atomic E-state index is 12.6. The lowest BCUT2D eigenvalue weighted by molar-refractivity contribution is 0.0491. The molecule has 0 radical (unpaired) electrons. The fourth-order valence-corrected chi connectivity index (χ4v) is 4.28. The molecular formula is C13H17BrO2S. The highest BCUT2D eigenvalue weighted by atomic mass is 79.9. The van der Waals surface area contributed by atoms with E-state index in [0.29, 0.717) is 0 Å². The number of aryl methyl sites for hydroxylation is 1. The molecule has 2 nitrogen and oxygen atoms in total. The Morgan fingerprint density at radius 3 is 2.41 bits per heavy atom. The van der Waals surface area contributed by atoms with Gasteiger partial charge in [0.2, 0.25) is 0 Å². The van der Waals surface area contributed by atoms with Crippen LogP contribution in [0.3, 0.4) is 0 Å². The Labute approximate surface area is 114 Å². The molecule has 1 saturated heterocycles. The second kappa shape index (κ2) is 4.82. The van der Waals surface area contributed by atoms with Crippen molar-refractivity contribution < 1.29 is 9.53 Å². The molecule has 0 aromatic carbocycles. The molecule has 2 rings (SSSR count). The van der Waals surface area contributed by atoms with Gasteiger partial charge in [-0.1, -0.05) is 6.92 Å². The molecule has 1 fully saturated rings. The van der Waals surface area contributed by atoms with Crippen LogP contribution in [0.5, 0.6) is 0 Å². The zero-order valence-electron chi connectivity index (χ0n) is 10.5. The fraction of sp³-hybridized carbons (Fsp3) is 0.615. The van der Waals surface area contributed by atoms with Crippen molar-refractivity contribution in [2.24, 2.45) is 11.8 Å². The average molecular weight is 317 g/mol. The highest BCUT2D eigenvalue weighted by molar-refractivity contribution is 9.11. The number of ketones is 1. The van der Waals surface area contributed by atoms with Crippen LogP contribution in [0.25, 0.3) is 0 Å². The van der Waals surface area contributed by atoms with E-state index in [4.69, 9.17) is 4.74 Å². The highest BCUT2D eigenvalue weighted by Gasteiger charge is 2.42. The highest BCUT2D eigenvalue weighted by Crippen LogP contribution is 2.37. The van der Waals surface area contributed by atoms with Crippen molar-refractivity contribution in [2.45, 2.75) is 39.9 Å². The molecule has 0 bridgehead atoms. The maximum atomic E-state index is 12.6. The van der Waals surface area contributed by atoms with Crippen LogP contribution in [0.4, 0.5) is 0 Å². The Morgan fingerprint density at radius 2 is 2.00 bits per heavy atom. The Balaban J connectivity index is 2.29. The maximum Gasteiger partial charge on any atom is 0.170 e. The summed E-state index contributed by atoms with van der Waals surface area (Å²) in [7, 11) is 0. The number of carbonyl (C=O) groups is 1. The Morgan fingerprint density at radius 1 is 1.35 bits per heavy atom. The number of rotatable bonds is 2. The van der Waals surface area contributed by atoms with Crippen molar-refractivity contribution >= 4 is 33.0 Å². The van der Waals surface area contributed by atoms with Crippen LogP contribution in [-0.4, -0.2) is 18.0 Å². The van der Waals surface area contributed by atoms with E-state index in [2.05, 4.69) is 22.9 Å². The normalized spacial score (nSPS) is 33.0. The van der Waals surface area contributed by atoms with Gasteiger partial charge in [-0.15, -0.1) is 11.3 Å². The monoisotopic (exact) mass is 316 g/mol. The number of thiophene rings is 1. The first-order chi connectivity index (χ1) is 7.91. The van der Waals surface area contributed by atoms with E-state index in [1.165, 1.54) is 0 Å². The van der Waals surface area contributed by atoms with Crippen LogP contribution in [0.15, 0.2) is 9.85 Å². The summed E-state index contributed by atoms with van der Waals surface area (Å²) >= 11 is 5.05. The van der Waals surface area contributed by atoms with Gasteiger partial charge in [0, 0.05) is 10.4 Å². The van der Waals surface area contributed by atoms with Crippen LogP contribution in [0.2, 0.25) is 0 Å². The van der Waals surface area contributed by atoms with Gasteiger partial charge in [-0.3, -0.25) is 4.79 Å². The van der Waals surface area contributed by atoms with Crippen molar-refractivity contribution in [3.05, 3.63) is 20.3 Å². The molecule has 4 heteroatoms. The summed E-state index contributed by atoms with van der Waals surface area (Å²) in [5.74, 6) is 0.509. The third kappa shape index (κ3) is 2.35. The van der Waals surface area contributed by atoms with Gasteiger partial charge >= 0.3 is 0 Å². The summed E-state index contributed by atoms with van der Waals surface area (Å²) in [6, 6.07) is 1.94. The van der Waals surface area contributed by atoms with Crippen molar-refractivity contribution in [1.29, 1.82) is 0 Å². The number of ether oxygens (including phenoxy) is 1. The Kier molecular flexibility index (Phi) is 3.76. The molecule has 1 aromatic rings. The van der Waals surface area contributed by atoms with Gasteiger partial charge in [0.1, 0.15) is 0 Å². The Hall–Kier alpha value is -0.190. The smallest absolute Gasteiger partial charge is 0.170 e. The predicted octanol–water partition coefficient (Wildman–Crippen LogP) is 4.06. The number of halogens is 1. The zero-order chi connectivity index (χ0) is 12.7. The molecule has 0 N–H and O–H groups in total. The Bertz CT molecular complexity index is 441. The zero-order valence-corrected chi connectivity index (χ0v) is 12.9. The van der Waals surface area contributed by atoms with Gasteiger partial charge in [0.05, 0.1) is 21.9 Å². The van der Waals surface area contributed by atoms with Gasteiger partial charge < -0.3 is 4.74 Å². The molecule has 1 aromatic heterocycles. The molecule has 1 aliphatic rings. The molecule has 2 heterocycles. The summed E-state index contributed by atoms with van der Waals surface area (Å²) in [6.45, 7) is 8.15. The first kappa shape index (κ1) is 13.2. The molecule has 0 saturated carbocycles. The van der Waals surface area contributed by atoms with Crippen LogP contribution < -0.4 is 0 Å². The lowest BCUT2D eigenvalue weighted by atomic mass is 9.83. The number of carbonyl (C=O) groups excluding carboxylic acids is 1. The topological polar surface area (TPSA) is 26.3 Å². The first-order valence-corrected chi connectivity index (χ1v) is 7.48. The number of hydrogen-bond acceptors (Lipinski definition) is 3. The quantitative estimate of drug-likeness (QED) is 0.769. The third-order valence-corrected chi connectivity index (χ3v) is 5.25. The SMILES string of the molecule is Cc1sc(Br)cc1C(=O)C1C(C)OC(C)C1C. The van der Waals surface area contributed by atoms with Crippen LogP contribution in [-0.2, 0) is 4.74 Å². The van der Waals surface area contributed by atoms with Crippen molar-refractivity contribution in [1.82, 2.24) is 0 Å². The molecule has 4 unspecified atom stereocenters. The lowest BCUT2D eigenvalue weighted by Gasteiger charge is -2.16. The van der Waals surface area contributed by atoms with Crippen LogP contribution in [0, 0.1) is 18.8 Å². The van der Waals surface area contributed by atoms with E-state index in [9.17, 15) is 4.79 Å². The summed E-state index contributed by atoms with van der Waals surface area (Å²) < 4.78 is 6.77. The minimum absolute atomic E-state index is 0.00907. The van der Waals surface area contributed by atoms with Gasteiger partial charge in [-0.25, -0.2) is 0 Å². The molecular weight excluding hydrogens is 300 g/mol. The van der Waals surface area contributed by atoms with E-state index in [-0.39, 0.29) is 29.8 Å². The first-order valence-electron chi connectivity index (χ1n) is 5.87. The third-order valence-electron chi connectivity index (χ3n) is 3.70. The minimum atomic E-state index is -0.00907. The summed E-state index contributed by atoms with van der Waals surface area (Å²) in [6.07, 6.45) is 0.187. The van der Waals surface area contributed by atoms with Crippen LogP contribution in [0.1, 0.15) is 36.0 Å². The molecule has 0 amide bonds. The van der Waals surface area contributed by atoms with Gasteiger partial charge in [0.15, 0.2) is 5.78 Å². The number of Topliss-reactive ketones (excluding diaryl/α,β-unsaturated/α-hetero) is 1. The molecule has 17 heavy (non-hydrogen) atoms. The molecule has 1 aliphatic heterocycles. The van der Waals surface area contributed by atoms with Gasteiger partial charge in [0.25, 0.3) is 0 Å². The van der Waals surface area contributed by atoms with E-state index in [1.807, 2.05) is 26.8 Å². The van der Waals surface area contributed by atoms with Gasteiger partial charge in [-0.2, -0.15) is 0 Å². The molecule has 4 atom stereocenters. The number of hydrogen-bond donors (Lipinski definition) is 0. The second-order valence-corrected chi connectivity index (χ2v) is 7.45. The summed E-state index contributed by atoms with van der Waals surface area (Å²) in [4.78, 5) is 13.6.